The first kappa shape index (κ1) is 21.5. The Kier molecular flexibility index (Phi) is 5.86. The molecule has 158 valence electrons. The molecule has 1 aromatic rings. The molecule has 0 aromatic heterocycles. The van der Waals surface area contributed by atoms with Crippen LogP contribution in [0.25, 0.3) is 0 Å². The number of hydrogen-bond donors (Lipinski definition) is 1. The summed E-state index contributed by atoms with van der Waals surface area (Å²) in [4.78, 5) is 40.3. The fourth-order valence-electron chi connectivity index (χ4n) is 4.74. The van der Waals surface area contributed by atoms with E-state index in [9.17, 15) is 14.4 Å². The molecule has 0 unspecified atom stereocenters. The topological polar surface area (TPSA) is 89.7 Å². The molecular weight excluding hydrogens is 368 g/mol. The summed E-state index contributed by atoms with van der Waals surface area (Å²) >= 11 is 0. The van der Waals surface area contributed by atoms with Gasteiger partial charge >= 0.3 is 0 Å². The number of amides is 2. The minimum absolute atomic E-state index is 0.0391. The maximum Gasteiger partial charge on any atom is 0.249 e. The number of fused-ring (bicyclic) bond motifs is 1. The van der Waals surface area contributed by atoms with Gasteiger partial charge in [0.25, 0.3) is 0 Å². The molecule has 2 aliphatic heterocycles. The van der Waals surface area contributed by atoms with E-state index in [-0.39, 0.29) is 30.3 Å². The molecule has 6 nitrogen and oxygen atoms in total. The molecule has 6 heteroatoms. The van der Waals surface area contributed by atoms with E-state index in [0.29, 0.717) is 23.6 Å². The van der Waals surface area contributed by atoms with Gasteiger partial charge in [-0.25, -0.2) is 0 Å². The van der Waals surface area contributed by atoms with Crippen LogP contribution in [-0.2, 0) is 14.3 Å². The van der Waals surface area contributed by atoms with Crippen molar-refractivity contribution in [1.29, 1.82) is 0 Å². The summed E-state index contributed by atoms with van der Waals surface area (Å²) in [5, 5.41) is 0. The number of benzene rings is 1. The highest BCUT2D eigenvalue weighted by Crippen LogP contribution is 2.44. The molecule has 0 spiro atoms. The largest absolute Gasteiger partial charge is 0.367 e. The molecule has 3 rings (SSSR count). The average molecular weight is 401 g/mol. The van der Waals surface area contributed by atoms with Crippen molar-refractivity contribution in [2.75, 3.05) is 13.2 Å². The van der Waals surface area contributed by atoms with Crippen molar-refractivity contribution in [3.8, 4) is 0 Å². The van der Waals surface area contributed by atoms with E-state index >= 15 is 0 Å². The predicted octanol–water partition coefficient (Wildman–Crippen LogP) is 2.76. The zero-order chi connectivity index (χ0) is 21.5. The van der Waals surface area contributed by atoms with Gasteiger partial charge in [0.2, 0.25) is 11.8 Å². The lowest BCUT2D eigenvalue weighted by molar-refractivity contribution is -0.140. The Morgan fingerprint density at radius 1 is 1.28 bits per heavy atom. The first-order chi connectivity index (χ1) is 13.6. The van der Waals surface area contributed by atoms with Crippen LogP contribution in [0.15, 0.2) is 24.3 Å². The second-order valence-corrected chi connectivity index (χ2v) is 9.31. The number of ketones is 1. The molecule has 2 amide bonds. The molecule has 4 atom stereocenters. The molecule has 0 aliphatic carbocycles. The lowest BCUT2D eigenvalue weighted by Crippen LogP contribution is -2.47. The lowest BCUT2D eigenvalue weighted by Gasteiger charge is -2.37. The molecular formula is C23H32N2O4. The molecule has 2 fully saturated rings. The normalized spacial score (nSPS) is 25.4. The van der Waals surface area contributed by atoms with E-state index in [1.807, 2.05) is 26.8 Å². The zero-order valence-corrected chi connectivity index (χ0v) is 18.0. The van der Waals surface area contributed by atoms with Crippen LogP contribution in [0.1, 0.15) is 62.9 Å². The van der Waals surface area contributed by atoms with E-state index in [2.05, 4.69) is 13.8 Å². The molecule has 2 N–H and O–H groups in total. The minimum Gasteiger partial charge on any atom is -0.367 e. The second kappa shape index (κ2) is 7.90. The number of carbonyl (C=O) groups excluding carboxylic acids is 3. The third-order valence-electron chi connectivity index (χ3n) is 6.84. The van der Waals surface area contributed by atoms with Crippen molar-refractivity contribution >= 4 is 17.6 Å². The van der Waals surface area contributed by atoms with Gasteiger partial charge in [-0.3, -0.25) is 14.4 Å². The summed E-state index contributed by atoms with van der Waals surface area (Å²) in [6, 6.07) is 6.50. The smallest absolute Gasteiger partial charge is 0.249 e. The quantitative estimate of drug-likeness (QED) is 0.795. The average Bonchev–Trinajstić information content (AvgIpc) is 3.23. The number of primary amides is 1. The Bertz CT molecular complexity index is 817. The Morgan fingerprint density at radius 3 is 2.52 bits per heavy atom. The van der Waals surface area contributed by atoms with Gasteiger partial charge in [0, 0.05) is 18.0 Å². The van der Waals surface area contributed by atoms with Crippen LogP contribution in [-0.4, -0.2) is 47.8 Å². The van der Waals surface area contributed by atoms with Crippen LogP contribution in [0, 0.1) is 17.3 Å². The van der Waals surface area contributed by atoms with Gasteiger partial charge in [0.05, 0.1) is 12.0 Å². The van der Waals surface area contributed by atoms with Crippen molar-refractivity contribution in [1.82, 2.24) is 4.90 Å². The van der Waals surface area contributed by atoms with Crippen LogP contribution < -0.4 is 5.73 Å². The van der Waals surface area contributed by atoms with E-state index in [1.54, 1.807) is 23.1 Å². The van der Waals surface area contributed by atoms with Crippen molar-refractivity contribution in [3.63, 3.8) is 0 Å². The summed E-state index contributed by atoms with van der Waals surface area (Å²) in [6.07, 6.45) is 0.486. The highest BCUT2D eigenvalue weighted by atomic mass is 16.5. The lowest BCUT2D eigenvalue weighted by atomic mass is 9.71. The summed E-state index contributed by atoms with van der Waals surface area (Å²) in [5.41, 5.74) is 6.19. The van der Waals surface area contributed by atoms with Crippen molar-refractivity contribution in [2.45, 2.75) is 59.1 Å². The van der Waals surface area contributed by atoms with Crippen molar-refractivity contribution in [2.24, 2.45) is 23.0 Å². The standard InChI is InChI=1S/C23H32N2O4/c1-6-23(4,5)18(14-9-7-8-10-15(14)21(24)27)22(28)25-11-16(13(2)3)20-19(25)17(26)12-29-20/h7-10,13,16,18-20H,6,11-12H2,1-5H3,(H2,24,27)/t16-,18-,19+,20+/m0/s1. The number of ether oxygens (including phenoxy) is 1. The van der Waals surface area contributed by atoms with E-state index in [0.717, 1.165) is 6.42 Å². The monoisotopic (exact) mass is 400 g/mol. The number of nitrogens with zero attached hydrogens (tertiary/aromatic N) is 1. The first-order valence-corrected chi connectivity index (χ1v) is 10.4. The van der Waals surface area contributed by atoms with Crippen LogP contribution in [0.5, 0.6) is 0 Å². The number of carbonyl (C=O) groups is 3. The fourth-order valence-corrected chi connectivity index (χ4v) is 4.74. The highest BCUT2D eigenvalue weighted by Gasteiger charge is 2.54. The maximum atomic E-state index is 13.9. The first-order valence-electron chi connectivity index (χ1n) is 10.4. The SMILES string of the molecule is CCC(C)(C)[C@H](C(=O)N1C[C@@H](C(C)C)[C@H]2OCC(=O)[C@H]21)c1ccccc1C(N)=O. The number of Topliss-reactive ketones (excluding diaryl/α,β-unsaturated/α-hetero) is 1. The summed E-state index contributed by atoms with van der Waals surface area (Å²) in [7, 11) is 0. The second-order valence-electron chi connectivity index (χ2n) is 9.31. The Morgan fingerprint density at radius 2 is 1.93 bits per heavy atom. The van der Waals surface area contributed by atoms with E-state index in [4.69, 9.17) is 10.5 Å². The Balaban J connectivity index is 2.07. The van der Waals surface area contributed by atoms with Crippen LogP contribution in [0.4, 0.5) is 0 Å². The van der Waals surface area contributed by atoms with Gasteiger partial charge < -0.3 is 15.4 Å². The Hall–Kier alpha value is -2.21. The predicted molar refractivity (Wildman–Crippen MR) is 110 cm³/mol. The summed E-state index contributed by atoms with van der Waals surface area (Å²) in [5.74, 6) is -0.875. The van der Waals surface area contributed by atoms with Gasteiger partial charge in [-0.1, -0.05) is 52.8 Å². The van der Waals surface area contributed by atoms with Gasteiger partial charge in [-0.15, -0.1) is 0 Å². The number of hydrogen-bond acceptors (Lipinski definition) is 4. The van der Waals surface area contributed by atoms with Crippen LogP contribution >= 0.6 is 0 Å². The summed E-state index contributed by atoms with van der Waals surface area (Å²) < 4.78 is 5.79. The van der Waals surface area contributed by atoms with Gasteiger partial charge in [0.15, 0.2) is 5.78 Å². The molecule has 1 aromatic carbocycles. The van der Waals surface area contributed by atoms with E-state index < -0.39 is 23.3 Å². The third-order valence-corrected chi connectivity index (χ3v) is 6.84. The van der Waals surface area contributed by atoms with Crippen molar-refractivity contribution < 1.29 is 19.1 Å². The third kappa shape index (κ3) is 3.70. The highest BCUT2D eigenvalue weighted by molar-refractivity contribution is 5.99. The molecule has 2 saturated heterocycles. The van der Waals surface area contributed by atoms with Crippen molar-refractivity contribution in [3.05, 3.63) is 35.4 Å². The van der Waals surface area contributed by atoms with E-state index in [1.165, 1.54) is 0 Å². The number of rotatable bonds is 6. The molecule has 2 heterocycles. The van der Waals surface area contributed by atoms with Gasteiger partial charge in [0.1, 0.15) is 12.6 Å². The molecule has 0 saturated carbocycles. The Labute approximate surface area is 172 Å². The van der Waals surface area contributed by atoms with Crippen LogP contribution in [0.3, 0.4) is 0 Å². The van der Waals surface area contributed by atoms with Gasteiger partial charge in [-0.2, -0.15) is 0 Å². The fraction of sp³-hybridized carbons (Fsp3) is 0.609. The summed E-state index contributed by atoms with van der Waals surface area (Å²) in [6.45, 7) is 10.8. The maximum absolute atomic E-state index is 13.9. The van der Waals surface area contributed by atoms with Gasteiger partial charge in [-0.05, 0) is 29.4 Å². The number of nitrogens with two attached hydrogens (primary N) is 1. The number of likely N-dealkylation sites (tertiary alicyclic amines) is 1. The zero-order valence-electron chi connectivity index (χ0n) is 18.0. The molecule has 2 aliphatic rings. The molecule has 29 heavy (non-hydrogen) atoms. The minimum atomic E-state index is -0.573. The van der Waals surface area contributed by atoms with Crippen LogP contribution in [0.2, 0.25) is 0 Å². The molecule has 0 bridgehead atoms. The molecule has 0 radical (unpaired) electrons.